The molecule has 1 N–H and O–H groups in total. The van der Waals surface area contributed by atoms with Crippen LogP contribution in [0.5, 0.6) is 17.2 Å². The number of ether oxygens (including phenoxy) is 3. The molecule has 0 radical (unpaired) electrons. The van der Waals surface area contributed by atoms with E-state index in [1.165, 1.54) is 0 Å². The molecule has 0 saturated carbocycles. The number of nitrogens with zero attached hydrogens (tertiary/aromatic N) is 1. The van der Waals surface area contributed by atoms with Gasteiger partial charge >= 0.3 is 0 Å². The number of hydrogen-bond donors (Lipinski definition) is 1. The average molecular weight is 359 g/mol. The van der Waals surface area contributed by atoms with E-state index in [2.05, 4.69) is 11.8 Å². The van der Waals surface area contributed by atoms with Gasteiger partial charge in [0.05, 0.1) is 14.2 Å². The lowest BCUT2D eigenvalue weighted by atomic mass is 10.1. The number of rotatable bonds is 11. The third kappa shape index (κ3) is 6.24. The molecule has 0 spiro atoms. The fraction of sp³-hybridized carbons (Fsp3) is 0.429. The summed E-state index contributed by atoms with van der Waals surface area (Å²) in [6, 6.07) is 15.5. The summed E-state index contributed by atoms with van der Waals surface area (Å²) in [6.07, 6.45) is 0.460. The molecule has 0 aliphatic heterocycles. The summed E-state index contributed by atoms with van der Waals surface area (Å²) in [5, 5.41) is 10.4. The van der Waals surface area contributed by atoms with Gasteiger partial charge < -0.3 is 19.3 Å². The molecule has 0 fully saturated rings. The Labute approximate surface area is 156 Å². The molecule has 2 rings (SSSR count). The molecule has 5 nitrogen and oxygen atoms in total. The maximum Gasteiger partial charge on any atom is 0.161 e. The Morgan fingerprint density at radius 2 is 1.73 bits per heavy atom. The molecule has 0 saturated heterocycles. The van der Waals surface area contributed by atoms with Gasteiger partial charge in [0.25, 0.3) is 0 Å². The molecule has 0 bridgehead atoms. The Morgan fingerprint density at radius 3 is 2.38 bits per heavy atom. The average Bonchev–Trinajstić information content (AvgIpc) is 2.67. The third-order valence-electron chi connectivity index (χ3n) is 4.05. The highest BCUT2D eigenvalue weighted by molar-refractivity contribution is 5.42. The first kappa shape index (κ1) is 20.1. The number of benzene rings is 2. The summed E-state index contributed by atoms with van der Waals surface area (Å²) in [7, 11) is 3.26. The molecule has 0 aliphatic carbocycles. The van der Waals surface area contributed by atoms with Crippen LogP contribution in [0.15, 0.2) is 48.5 Å². The summed E-state index contributed by atoms with van der Waals surface area (Å²) in [5.41, 5.74) is 1.12. The van der Waals surface area contributed by atoms with Crippen molar-refractivity contribution in [1.82, 2.24) is 4.90 Å². The van der Waals surface area contributed by atoms with Crippen LogP contribution in [0, 0.1) is 0 Å². The first-order valence-electron chi connectivity index (χ1n) is 8.95. The molecule has 0 amide bonds. The van der Waals surface area contributed by atoms with Crippen molar-refractivity contribution in [2.75, 3.05) is 33.9 Å². The second-order valence-corrected chi connectivity index (χ2v) is 6.20. The summed E-state index contributed by atoms with van der Waals surface area (Å²) in [4.78, 5) is 2.22. The van der Waals surface area contributed by atoms with Crippen molar-refractivity contribution in [1.29, 1.82) is 0 Å². The summed E-state index contributed by atoms with van der Waals surface area (Å²) < 4.78 is 16.3. The Bertz CT molecular complexity index is 648. The Morgan fingerprint density at radius 1 is 1.00 bits per heavy atom. The number of para-hydroxylation sites is 1. The van der Waals surface area contributed by atoms with Gasteiger partial charge in [0.2, 0.25) is 0 Å². The number of aliphatic hydroxyl groups excluding tert-OH is 1. The molecule has 0 aliphatic rings. The van der Waals surface area contributed by atoms with Crippen LogP contribution >= 0.6 is 0 Å². The van der Waals surface area contributed by atoms with Crippen LogP contribution in [0.25, 0.3) is 0 Å². The van der Waals surface area contributed by atoms with Crippen LogP contribution in [0.2, 0.25) is 0 Å². The zero-order valence-electron chi connectivity index (χ0n) is 15.9. The zero-order chi connectivity index (χ0) is 18.8. The minimum atomic E-state index is -0.554. The summed E-state index contributed by atoms with van der Waals surface area (Å²) in [5.74, 6) is 2.21. The maximum absolute atomic E-state index is 10.4. The van der Waals surface area contributed by atoms with Crippen LogP contribution in [-0.2, 0) is 6.54 Å². The van der Waals surface area contributed by atoms with E-state index in [0.717, 1.165) is 42.3 Å². The minimum absolute atomic E-state index is 0.274. The van der Waals surface area contributed by atoms with Crippen LogP contribution < -0.4 is 14.2 Å². The van der Waals surface area contributed by atoms with Crippen molar-refractivity contribution in [3.63, 3.8) is 0 Å². The first-order chi connectivity index (χ1) is 12.7. The van der Waals surface area contributed by atoms with Crippen LogP contribution in [0.3, 0.4) is 0 Å². The standard InChI is InChI=1S/C21H29NO4/c1-4-12-22(14-17-10-11-20(24-2)21(13-17)25-3)15-18(23)16-26-19-8-6-5-7-9-19/h5-11,13,18,23H,4,12,14-16H2,1-3H3/t18-/m0/s1. The van der Waals surface area contributed by atoms with Crippen molar-refractivity contribution < 1.29 is 19.3 Å². The SMILES string of the molecule is CCCN(Cc1ccc(OC)c(OC)c1)C[C@H](O)COc1ccccc1. The van der Waals surface area contributed by atoms with Gasteiger partial charge in [0.15, 0.2) is 11.5 Å². The highest BCUT2D eigenvalue weighted by Crippen LogP contribution is 2.28. The monoisotopic (exact) mass is 359 g/mol. The van der Waals surface area contributed by atoms with Crippen molar-refractivity contribution in [3.05, 3.63) is 54.1 Å². The molecule has 142 valence electrons. The van der Waals surface area contributed by atoms with Gasteiger partial charge in [-0.1, -0.05) is 31.2 Å². The van der Waals surface area contributed by atoms with Crippen LogP contribution in [0.4, 0.5) is 0 Å². The van der Waals surface area contributed by atoms with Gasteiger partial charge in [0, 0.05) is 13.1 Å². The molecule has 5 heteroatoms. The largest absolute Gasteiger partial charge is 0.493 e. The molecule has 0 aromatic heterocycles. The lowest BCUT2D eigenvalue weighted by molar-refractivity contribution is 0.0655. The van der Waals surface area contributed by atoms with E-state index in [4.69, 9.17) is 14.2 Å². The van der Waals surface area contributed by atoms with E-state index < -0.39 is 6.10 Å². The molecular formula is C21H29NO4. The van der Waals surface area contributed by atoms with Gasteiger partial charge in [-0.05, 0) is 42.8 Å². The first-order valence-corrected chi connectivity index (χ1v) is 8.95. The van der Waals surface area contributed by atoms with Gasteiger partial charge in [-0.3, -0.25) is 4.90 Å². The second-order valence-electron chi connectivity index (χ2n) is 6.20. The maximum atomic E-state index is 10.4. The number of hydrogen-bond acceptors (Lipinski definition) is 5. The number of aliphatic hydroxyl groups is 1. The zero-order valence-corrected chi connectivity index (χ0v) is 15.9. The predicted molar refractivity (Wildman–Crippen MR) is 103 cm³/mol. The normalized spacial score (nSPS) is 12.0. The van der Waals surface area contributed by atoms with E-state index >= 15 is 0 Å². The van der Waals surface area contributed by atoms with Crippen LogP contribution in [0.1, 0.15) is 18.9 Å². The van der Waals surface area contributed by atoms with E-state index in [9.17, 15) is 5.11 Å². The minimum Gasteiger partial charge on any atom is -0.493 e. The quantitative estimate of drug-likeness (QED) is 0.667. The van der Waals surface area contributed by atoms with Gasteiger partial charge in [-0.2, -0.15) is 0 Å². The molecule has 2 aromatic carbocycles. The fourth-order valence-corrected chi connectivity index (χ4v) is 2.85. The second kappa shape index (κ2) is 10.7. The molecule has 1 atom stereocenters. The Balaban J connectivity index is 1.93. The molecular weight excluding hydrogens is 330 g/mol. The van der Waals surface area contributed by atoms with Gasteiger partial charge in [-0.15, -0.1) is 0 Å². The molecule has 0 heterocycles. The third-order valence-corrected chi connectivity index (χ3v) is 4.05. The highest BCUT2D eigenvalue weighted by atomic mass is 16.5. The van der Waals surface area contributed by atoms with E-state index in [1.54, 1.807) is 14.2 Å². The fourth-order valence-electron chi connectivity index (χ4n) is 2.85. The highest BCUT2D eigenvalue weighted by Gasteiger charge is 2.14. The molecule has 0 unspecified atom stereocenters. The van der Waals surface area contributed by atoms with Gasteiger partial charge in [0.1, 0.15) is 18.5 Å². The van der Waals surface area contributed by atoms with Crippen molar-refractivity contribution in [3.8, 4) is 17.2 Å². The van der Waals surface area contributed by atoms with Crippen molar-refractivity contribution in [2.45, 2.75) is 26.0 Å². The van der Waals surface area contributed by atoms with Crippen molar-refractivity contribution >= 4 is 0 Å². The van der Waals surface area contributed by atoms with E-state index in [0.29, 0.717) is 6.54 Å². The predicted octanol–water partition coefficient (Wildman–Crippen LogP) is 3.36. The lowest BCUT2D eigenvalue weighted by Gasteiger charge is -2.25. The molecule has 26 heavy (non-hydrogen) atoms. The van der Waals surface area contributed by atoms with E-state index in [-0.39, 0.29) is 6.61 Å². The van der Waals surface area contributed by atoms with Crippen LogP contribution in [-0.4, -0.2) is 50.0 Å². The molecule has 2 aromatic rings. The smallest absolute Gasteiger partial charge is 0.161 e. The Hall–Kier alpha value is -2.24. The summed E-state index contributed by atoms with van der Waals surface area (Å²) >= 11 is 0. The summed E-state index contributed by atoms with van der Waals surface area (Å²) in [6.45, 7) is 4.59. The Kier molecular flexibility index (Phi) is 8.25. The number of methoxy groups -OCH3 is 2. The van der Waals surface area contributed by atoms with E-state index in [1.807, 2.05) is 48.5 Å². The lowest BCUT2D eigenvalue weighted by Crippen LogP contribution is -2.35. The topological polar surface area (TPSA) is 51.2 Å². The van der Waals surface area contributed by atoms with Gasteiger partial charge in [-0.25, -0.2) is 0 Å². The van der Waals surface area contributed by atoms with Crippen molar-refractivity contribution in [2.24, 2.45) is 0 Å².